The highest BCUT2D eigenvalue weighted by atomic mass is 32.1. The summed E-state index contributed by atoms with van der Waals surface area (Å²) in [6.07, 6.45) is 5.50. The number of nitrogens with one attached hydrogen (secondary N) is 1. The van der Waals surface area contributed by atoms with Crippen molar-refractivity contribution in [2.75, 3.05) is 5.32 Å². The van der Waals surface area contributed by atoms with Crippen LogP contribution in [0.3, 0.4) is 0 Å². The van der Waals surface area contributed by atoms with E-state index in [2.05, 4.69) is 5.32 Å². The minimum absolute atomic E-state index is 0.122. The highest BCUT2D eigenvalue weighted by Gasteiger charge is 2.18. The van der Waals surface area contributed by atoms with Gasteiger partial charge in [-0.25, -0.2) is 8.78 Å². The molecule has 0 saturated heterocycles. The van der Waals surface area contributed by atoms with E-state index in [1.54, 1.807) is 0 Å². The molecule has 1 heterocycles. The van der Waals surface area contributed by atoms with Crippen LogP contribution in [0.25, 0.3) is 0 Å². The van der Waals surface area contributed by atoms with E-state index < -0.39 is 11.6 Å². The van der Waals surface area contributed by atoms with Crippen molar-refractivity contribution in [3.8, 4) is 0 Å². The van der Waals surface area contributed by atoms with Crippen LogP contribution in [0.5, 0.6) is 0 Å². The Morgan fingerprint density at radius 2 is 1.95 bits per heavy atom. The molecule has 1 amide bonds. The van der Waals surface area contributed by atoms with Crippen molar-refractivity contribution in [1.82, 2.24) is 0 Å². The topological polar surface area (TPSA) is 29.1 Å². The number of rotatable bonds is 2. The molecular weight excluding hydrogens is 292 g/mol. The predicted octanol–water partition coefficient (Wildman–Crippen LogP) is 4.55. The molecule has 1 aliphatic carbocycles. The maximum Gasteiger partial charge on any atom is 0.265 e. The van der Waals surface area contributed by atoms with E-state index in [9.17, 15) is 13.6 Å². The summed E-state index contributed by atoms with van der Waals surface area (Å²) in [5.41, 5.74) is 1.10. The number of fused-ring (bicyclic) bond motifs is 1. The van der Waals surface area contributed by atoms with Gasteiger partial charge in [0.25, 0.3) is 5.91 Å². The van der Waals surface area contributed by atoms with Gasteiger partial charge in [-0.2, -0.15) is 0 Å². The number of hydrogen-bond donors (Lipinski definition) is 1. The quantitative estimate of drug-likeness (QED) is 0.810. The van der Waals surface area contributed by atoms with Crippen LogP contribution in [0.1, 0.15) is 39.4 Å². The number of carbonyl (C=O) groups is 1. The van der Waals surface area contributed by atoms with Gasteiger partial charge in [-0.15, -0.1) is 11.3 Å². The van der Waals surface area contributed by atoms with Crippen LogP contribution in [-0.2, 0) is 12.8 Å². The number of aryl methyl sites for hydroxylation is 2. The van der Waals surface area contributed by atoms with Gasteiger partial charge >= 0.3 is 0 Å². The van der Waals surface area contributed by atoms with E-state index >= 15 is 0 Å². The van der Waals surface area contributed by atoms with Gasteiger partial charge in [0, 0.05) is 4.88 Å². The van der Waals surface area contributed by atoms with E-state index in [-0.39, 0.29) is 11.6 Å². The van der Waals surface area contributed by atoms with Crippen molar-refractivity contribution in [2.45, 2.75) is 32.1 Å². The smallest absolute Gasteiger partial charge is 0.265 e. The normalized spacial score (nSPS) is 14.4. The maximum atomic E-state index is 13.6. The lowest BCUT2D eigenvalue weighted by atomic mass is 10.1. The first-order valence-corrected chi connectivity index (χ1v) is 7.84. The fourth-order valence-electron chi connectivity index (χ4n) is 2.56. The molecule has 0 radical (unpaired) electrons. The van der Waals surface area contributed by atoms with Crippen LogP contribution in [0, 0.1) is 11.6 Å². The highest BCUT2D eigenvalue weighted by molar-refractivity contribution is 7.14. The molecule has 2 aromatic rings. The maximum absolute atomic E-state index is 13.6. The van der Waals surface area contributed by atoms with Gasteiger partial charge in [0.1, 0.15) is 0 Å². The molecule has 0 fully saturated rings. The third-order valence-electron chi connectivity index (χ3n) is 3.67. The van der Waals surface area contributed by atoms with Crippen molar-refractivity contribution in [3.05, 3.63) is 51.2 Å². The molecule has 21 heavy (non-hydrogen) atoms. The van der Waals surface area contributed by atoms with Crippen molar-refractivity contribution in [3.63, 3.8) is 0 Å². The first-order chi connectivity index (χ1) is 10.1. The van der Waals surface area contributed by atoms with Crippen molar-refractivity contribution in [2.24, 2.45) is 0 Å². The van der Waals surface area contributed by atoms with Gasteiger partial charge in [-0.05, 0) is 49.4 Å². The molecule has 1 N–H and O–H groups in total. The summed E-state index contributed by atoms with van der Waals surface area (Å²) >= 11 is 1.46. The van der Waals surface area contributed by atoms with Crippen LogP contribution in [-0.4, -0.2) is 5.91 Å². The van der Waals surface area contributed by atoms with Crippen LogP contribution >= 0.6 is 11.3 Å². The Kier molecular flexibility index (Phi) is 4.01. The summed E-state index contributed by atoms with van der Waals surface area (Å²) < 4.78 is 26.7. The van der Waals surface area contributed by atoms with E-state index in [1.807, 2.05) is 6.07 Å². The summed E-state index contributed by atoms with van der Waals surface area (Å²) in [7, 11) is 0. The summed E-state index contributed by atoms with van der Waals surface area (Å²) in [4.78, 5) is 14.0. The van der Waals surface area contributed by atoms with Gasteiger partial charge < -0.3 is 5.32 Å². The second kappa shape index (κ2) is 5.93. The minimum Gasteiger partial charge on any atom is -0.319 e. The number of halogens is 2. The fraction of sp³-hybridized carbons (Fsp3) is 0.312. The molecule has 0 unspecified atom stereocenters. The Morgan fingerprint density at radius 1 is 1.14 bits per heavy atom. The number of amides is 1. The second-order valence-electron chi connectivity index (χ2n) is 5.18. The Hall–Kier alpha value is -1.75. The summed E-state index contributed by atoms with van der Waals surface area (Å²) in [5, 5.41) is 2.45. The molecule has 5 heteroatoms. The average molecular weight is 307 g/mol. The molecule has 0 saturated carbocycles. The number of hydrogen-bond acceptors (Lipinski definition) is 2. The third-order valence-corrected chi connectivity index (χ3v) is 4.91. The van der Waals surface area contributed by atoms with Gasteiger partial charge in [0.15, 0.2) is 11.6 Å². The van der Waals surface area contributed by atoms with Crippen LogP contribution in [0.4, 0.5) is 14.5 Å². The molecule has 0 bridgehead atoms. The molecular formula is C16H15F2NOS. The third kappa shape index (κ3) is 2.97. The van der Waals surface area contributed by atoms with Gasteiger partial charge in [0.2, 0.25) is 0 Å². The van der Waals surface area contributed by atoms with Crippen LogP contribution in [0.2, 0.25) is 0 Å². The van der Waals surface area contributed by atoms with Crippen molar-refractivity contribution in [1.29, 1.82) is 0 Å². The first-order valence-electron chi connectivity index (χ1n) is 7.02. The Labute approximate surface area is 125 Å². The average Bonchev–Trinajstić information content (AvgIpc) is 2.75. The summed E-state index contributed by atoms with van der Waals surface area (Å²) in [5.74, 6) is -2.36. The monoisotopic (exact) mass is 307 g/mol. The Morgan fingerprint density at radius 3 is 2.81 bits per heavy atom. The zero-order valence-electron chi connectivity index (χ0n) is 11.4. The van der Waals surface area contributed by atoms with Crippen molar-refractivity contribution >= 4 is 22.9 Å². The van der Waals surface area contributed by atoms with E-state index in [1.165, 1.54) is 40.3 Å². The first kappa shape index (κ1) is 14.2. The Balaban J connectivity index is 1.81. The molecule has 1 aliphatic rings. The lowest BCUT2D eigenvalue weighted by Gasteiger charge is -2.05. The van der Waals surface area contributed by atoms with Gasteiger partial charge in [-0.1, -0.05) is 12.5 Å². The number of thiophene rings is 1. The zero-order chi connectivity index (χ0) is 14.8. The largest absolute Gasteiger partial charge is 0.319 e. The van der Waals surface area contributed by atoms with E-state index in [4.69, 9.17) is 0 Å². The molecule has 0 aliphatic heterocycles. The molecule has 1 aromatic carbocycles. The molecule has 0 spiro atoms. The van der Waals surface area contributed by atoms with Crippen molar-refractivity contribution < 1.29 is 13.6 Å². The van der Waals surface area contributed by atoms with E-state index in [0.717, 1.165) is 31.7 Å². The number of benzene rings is 1. The molecule has 110 valence electrons. The number of carbonyl (C=O) groups excluding carboxylic acids is 1. The highest BCUT2D eigenvalue weighted by Crippen LogP contribution is 2.29. The van der Waals surface area contributed by atoms with Crippen LogP contribution in [0.15, 0.2) is 24.3 Å². The SMILES string of the molecule is O=C(Nc1cccc(F)c1F)c1cc2c(s1)CCCCC2. The summed E-state index contributed by atoms with van der Waals surface area (Å²) in [6.45, 7) is 0. The standard InChI is InChI=1S/C16H15F2NOS/c17-11-6-4-7-12(15(11)18)19-16(20)14-9-10-5-2-1-3-8-13(10)21-14/h4,6-7,9H,1-3,5,8H2,(H,19,20). The van der Waals surface area contributed by atoms with Gasteiger partial charge in [0.05, 0.1) is 10.6 Å². The summed E-state index contributed by atoms with van der Waals surface area (Å²) in [6, 6.07) is 5.64. The predicted molar refractivity (Wildman–Crippen MR) is 79.9 cm³/mol. The zero-order valence-corrected chi connectivity index (χ0v) is 12.2. The molecule has 0 atom stereocenters. The Bertz CT molecular complexity index is 657. The lowest BCUT2D eigenvalue weighted by molar-refractivity contribution is 0.103. The van der Waals surface area contributed by atoms with E-state index in [0.29, 0.717) is 4.88 Å². The lowest BCUT2D eigenvalue weighted by Crippen LogP contribution is -2.12. The molecule has 3 rings (SSSR count). The minimum atomic E-state index is -1.02. The molecule has 1 aromatic heterocycles. The number of anilines is 1. The fourth-order valence-corrected chi connectivity index (χ4v) is 3.71. The van der Waals surface area contributed by atoms with Crippen LogP contribution < -0.4 is 5.32 Å². The van der Waals surface area contributed by atoms with Gasteiger partial charge in [-0.3, -0.25) is 4.79 Å². The second-order valence-corrected chi connectivity index (χ2v) is 6.31. The molecule has 2 nitrogen and oxygen atoms in total.